The Morgan fingerprint density at radius 2 is 1.91 bits per heavy atom. The first-order valence-electron chi connectivity index (χ1n) is 7.77. The maximum atomic E-state index is 11.6. The van der Waals surface area contributed by atoms with Crippen LogP contribution in [-0.4, -0.2) is 26.4 Å². The molecule has 0 spiro atoms. The fourth-order valence-corrected chi connectivity index (χ4v) is 2.50. The summed E-state index contributed by atoms with van der Waals surface area (Å²) in [5.41, 5.74) is 2.73. The first kappa shape index (κ1) is 15.3. The molecule has 0 radical (unpaired) electrons. The molecule has 6 heteroatoms. The second-order valence-electron chi connectivity index (χ2n) is 6.31. The van der Waals surface area contributed by atoms with Gasteiger partial charge in [0.25, 0.3) is 0 Å². The summed E-state index contributed by atoms with van der Waals surface area (Å²) in [5, 5.41) is 13.8. The normalized spacial score (nSPS) is 11.8. The molecule has 120 valence electrons. The molecule has 3 rings (SSSR count). The highest BCUT2D eigenvalue weighted by molar-refractivity contribution is 5.43. The first-order valence-corrected chi connectivity index (χ1v) is 7.77. The summed E-state index contributed by atoms with van der Waals surface area (Å²) >= 11 is 0. The Morgan fingerprint density at radius 1 is 1.17 bits per heavy atom. The summed E-state index contributed by atoms with van der Waals surface area (Å²) in [6.07, 6.45) is 1.04. The van der Waals surface area contributed by atoms with E-state index >= 15 is 0 Å². The number of fused-ring (bicyclic) bond motifs is 1. The second-order valence-corrected chi connectivity index (χ2v) is 6.31. The van der Waals surface area contributed by atoms with E-state index in [1.807, 2.05) is 6.07 Å². The van der Waals surface area contributed by atoms with Crippen molar-refractivity contribution in [3.8, 4) is 0 Å². The molecule has 0 saturated heterocycles. The second kappa shape index (κ2) is 5.87. The zero-order valence-corrected chi connectivity index (χ0v) is 13.6. The van der Waals surface area contributed by atoms with Crippen molar-refractivity contribution < 1.29 is 0 Å². The smallest absolute Gasteiger partial charge is 0.364 e. The molecule has 2 heterocycles. The van der Waals surface area contributed by atoms with Gasteiger partial charge in [0.05, 0.1) is 0 Å². The number of aromatic nitrogens is 4. The van der Waals surface area contributed by atoms with Crippen molar-refractivity contribution in [3.05, 3.63) is 58.0 Å². The van der Waals surface area contributed by atoms with Crippen LogP contribution in [0.3, 0.4) is 0 Å². The van der Waals surface area contributed by atoms with Crippen molar-refractivity contribution in [1.29, 1.82) is 0 Å². The van der Waals surface area contributed by atoms with E-state index < -0.39 is 0 Å². The van der Waals surface area contributed by atoms with Gasteiger partial charge in [0.1, 0.15) is 5.82 Å². The lowest BCUT2D eigenvalue weighted by Gasteiger charge is -2.26. The van der Waals surface area contributed by atoms with E-state index in [1.54, 1.807) is 6.07 Å². The molecule has 0 aliphatic carbocycles. The summed E-state index contributed by atoms with van der Waals surface area (Å²) < 4.78 is 1.26. The van der Waals surface area contributed by atoms with Crippen LogP contribution in [0.1, 0.15) is 31.9 Å². The molecule has 0 amide bonds. The van der Waals surface area contributed by atoms with E-state index in [2.05, 4.69) is 65.6 Å². The maximum absolute atomic E-state index is 11.6. The zero-order valence-electron chi connectivity index (χ0n) is 13.6. The van der Waals surface area contributed by atoms with Gasteiger partial charge in [-0.1, -0.05) is 45.0 Å². The lowest BCUT2D eigenvalue weighted by Crippen LogP contribution is -2.28. The maximum Gasteiger partial charge on any atom is 0.364 e. The van der Waals surface area contributed by atoms with Crippen molar-refractivity contribution in [2.24, 2.45) is 0 Å². The molecule has 0 saturated carbocycles. The number of anilines is 1. The number of H-pyrrole nitrogens is 1. The van der Waals surface area contributed by atoms with Crippen LogP contribution in [0.5, 0.6) is 0 Å². The van der Waals surface area contributed by atoms with Gasteiger partial charge in [0, 0.05) is 12.0 Å². The number of hydrogen-bond acceptors (Lipinski definition) is 4. The van der Waals surface area contributed by atoms with E-state index in [0.29, 0.717) is 18.0 Å². The molecule has 0 bridgehead atoms. The zero-order chi connectivity index (χ0) is 16.4. The highest BCUT2D eigenvalue weighted by Crippen LogP contribution is 2.24. The Labute approximate surface area is 134 Å². The molecule has 2 N–H and O–H groups in total. The van der Waals surface area contributed by atoms with E-state index in [4.69, 9.17) is 0 Å². The van der Waals surface area contributed by atoms with Crippen molar-refractivity contribution in [2.45, 2.75) is 32.6 Å². The molecular weight excluding hydrogens is 290 g/mol. The highest BCUT2D eigenvalue weighted by atomic mass is 16.2. The predicted molar refractivity (Wildman–Crippen MR) is 90.9 cm³/mol. The number of nitrogens with zero attached hydrogens (tertiary/aromatic N) is 3. The van der Waals surface area contributed by atoms with E-state index in [-0.39, 0.29) is 11.1 Å². The first-order chi connectivity index (χ1) is 11.0. The molecule has 6 nitrogen and oxygen atoms in total. The molecule has 0 atom stereocenters. The summed E-state index contributed by atoms with van der Waals surface area (Å²) in [6, 6.07) is 12.3. The Bertz CT molecular complexity index is 861. The van der Waals surface area contributed by atoms with Crippen LogP contribution in [0.2, 0.25) is 0 Å². The summed E-state index contributed by atoms with van der Waals surface area (Å²) in [4.78, 5) is 11.6. The van der Waals surface area contributed by atoms with Crippen LogP contribution in [0.4, 0.5) is 5.82 Å². The standard InChI is InChI=1S/C17H21N5O/c1-4-12-5-7-13(8-6-12)17(2,3)11-18-14-9-10-15-19-20-16(23)22(15)21-14/h5-10H,4,11H2,1-3H3,(H,18,21)(H,20,23). The van der Waals surface area contributed by atoms with Crippen LogP contribution in [0.15, 0.2) is 41.2 Å². The third-order valence-electron chi connectivity index (χ3n) is 4.13. The van der Waals surface area contributed by atoms with Gasteiger partial charge in [-0.05, 0) is 29.7 Å². The number of nitrogens with one attached hydrogen (secondary N) is 2. The van der Waals surface area contributed by atoms with Gasteiger partial charge in [-0.3, -0.25) is 0 Å². The molecule has 23 heavy (non-hydrogen) atoms. The van der Waals surface area contributed by atoms with Crippen LogP contribution < -0.4 is 11.0 Å². The minimum Gasteiger partial charge on any atom is -0.368 e. The van der Waals surface area contributed by atoms with Crippen LogP contribution in [-0.2, 0) is 11.8 Å². The van der Waals surface area contributed by atoms with Crippen LogP contribution in [0, 0.1) is 0 Å². The van der Waals surface area contributed by atoms with Gasteiger partial charge in [-0.2, -0.15) is 9.61 Å². The van der Waals surface area contributed by atoms with Crippen LogP contribution >= 0.6 is 0 Å². The molecule has 3 aromatic rings. The lowest BCUT2D eigenvalue weighted by atomic mass is 9.84. The number of aryl methyl sites for hydroxylation is 1. The number of hydrogen-bond donors (Lipinski definition) is 2. The molecule has 0 aliphatic rings. The highest BCUT2D eigenvalue weighted by Gasteiger charge is 2.20. The monoisotopic (exact) mass is 311 g/mol. The Hall–Kier alpha value is -2.63. The molecule has 1 aromatic carbocycles. The number of benzene rings is 1. The van der Waals surface area contributed by atoms with E-state index in [0.717, 1.165) is 6.42 Å². The van der Waals surface area contributed by atoms with Gasteiger partial charge in [-0.15, -0.1) is 5.10 Å². The van der Waals surface area contributed by atoms with E-state index in [9.17, 15) is 4.79 Å². The molecule has 2 aromatic heterocycles. The fourth-order valence-electron chi connectivity index (χ4n) is 2.50. The Balaban J connectivity index is 1.76. The molecule has 0 aliphatic heterocycles. The van der Waals surface area contributed by atoms with Crippen molar-refractivity contribution in [3.63, 3.8) is 0 Å². The minimum absolute atomic E-state index is 0.0513. The third kappa shape index (κ3) is 3.11. The van der Waals surface area contributed by atoms with Gasteiger partial charge in [0.2, 0.25) is 0 Å². The Kier molecular flexibility index (Phi) is 3.90. The van der Waals surface area contributed by atoms with Crippen molar-refractivity contribution in [2.75, 3.05) is 11.9 Å². The molecular formula is C17H21N5O. The quantitative estimate of drug-likeness (QED) is 0.758. The minimum atomic E-state index is -0.335. The summed E-state index contributed by atoms with van der Waals surface area (Å²) in [6.45, 7) is 7.23. The molecule has 0 unspecified atom stereocenters. The van der Waals surface area contributed by atoms with Crippen molar-refractivity contribution >= 4 is 11.5 Å². The SMILES string of the molecule is CCc1ccc(C(C)(C)CNc2ccc3n[nH]c(=O)n3n2)cc1. The third-order valence-corrected chi connectivity index (χ3v) is 4.13. The molecule has 0 fully saturated rings. The average molecular weight is 311 g/mol. The predicted octanol–water partition coefficient (Wildman–Crippen LogP) is 2.37. The number of rotatable bonds is 5. The largest absolute Gasteiger partial charge is 0.368 e. The summed E-state index contributed by atoms with van der Waals surface area (Å²) in [5.74, 6) is 0.652. The summed E-state index contributed by atoms with van der Waals surface area (Å²) in [7, 11) is 0. The Morgan fingerprint density at radius 3 is 2.61 bits per heavy atom. The topological polar surface area (TPSA) is 75.1 Å². The van der Waals surface area contributed by atoms with Gasteiger partial charge < -0.3 is 5.32 Å². The van der Waals surface area contributed by atoms with Gasteiger partial charge in [0.15, 0.2) is 5.65 Å². The fraction of sp³-hybridized carbons (Fsp3) is 0.353. The number of aromatic amines is 1. The average Bonchev–Trinajstić information content (AvgIpc) is 2.94. The van der Waals surface area contributed by atoms with Gasteiger partial charge in [-0.25, -0.2) is 9.89 Å². The van der Waals surface area contributed by atoms with Gasteiger partial charge >= 0.3 is 5.69 Å². The van der Waals surface area contributed by atoms with E-state index in [1.165, 1.54) is 15.6 Å². The van der Waals surface area contributed by atoms with Crippen LogP contribution in [0.25, 0.3) is 5.65 Å². The van der Waals surface area contributed by atoms with Crippen molar-refractivity contribution in [1.82, 2.24) is 19.8 Å². The lowest BCUT2D eigenvalue weighted by molar-refractivity contribution is 0.555.